The Hall–Kier alpha value is -2.32. The number of hydrogen-bond donors (Lipinski definition) is 0. The zero-order chi connectivity index (χ0) is 17.2. The number of fused-ring (bicyclic) bond motifs is 1. The Balaban J connectivity index is 1.63. The van der Waals surface area contributed by atoms with Gasteiger partial charge in [-0.05, 0) is 37.5 Å². The molecule has 8 heteroatoms. The lowest BCUT2D eigenvalue weighted by atomic mass is 10.2. The van der Waals surface area contributed by atoms with Crippen LogP contribution >= 0.6 is 11.3 Å². The zero-order valence-corrected chi connectivity index (χ0v) is 14.8. The van der Waals surface area contributed by atoms with Crippen LogP contribution in [0.15, 0.2) is 30.9 Å². The Morgan fingerprint density at radius 1 is 1.48 bits per heavy atom. The average molecular weight is 357 g/mol. The van der Waals surface area contributed by atoms with Gasteiger partial charge in [0.15, 0.2) is 5.13 Å². The molecule has 1 unspecified atom stereocenters. The molecule has 7 nitrogen and oxygen atoms in total. The lowest BCUT2D eigenvalue weighted by Crippen LogP contribution is -2.39. The molecule has 0 spiro atoms. The van der Waals surface area contributed by atoms with E-state index in [2.05, 4.69) is 28.1 Å². The third-order valence-corrected chi connectivity index (χ3v) is 5.28. The SMILES string of the molecule is Cc1ccc2nc(N(CC3CCCO3)C(=O)Cn3cncn3)sc2c1. The first-order valence-electron chi connectivity index (χ1n) is 8.30. The van der Waals surface area contributed by atoms with Gasteiger partial charge >= 0.3 is 0 Å². The second-order valence-corrected chi connectivity index (χ2v) is 7.21. The summed E-state index contributed by atoms with van der Waals surface area (Å²) in [5.74, 6) is -0.0585. The van der Waals surface area contributed by atoms with Gasteiger partial charge in [-0.2, -0.15) is 5.10 Å². The van der Waals surface area contributed by atoms with Crippen molar-refractivity contribution in [3.05, 3.63) is 36.4 Å². The van der Waals surface area contributed by atoms with Crippen LogP contribution in [0.3, 0.4) is 0 Å². The number of benzene rings is 1. The highest BCUT2D eigenvalue weighted by Crippen LogP contribution is 2.30. The number of rotatable bonds is 5. The predicted octanol–water partition coefficient (Wildman–Crippen LogP) is 2.41. The number of hydrogen-bond acceptors (Lipinski definition) is 6. The number of anilines is 1. The molecule has 1 amide bonds. The van der Waals surface area contributed by atoms with Crippen molar-refractivity contribution in [1.29, 1.82) is 0 Å². The fraction of sp³-hybridized carbons (Fsp3) is 0.412. The molecule has 4 rings (SSSR count). The summed E-state index contributed by atoms with van der Waals surface area (Å²) >= 11 is 1.54. The Morgan fingerprint density at radius 3 is 3.16 bits per heavy atom. The summed E-state index contributed by atoms with van der Waals surface area (Å²) in [6, 6.07) is 6.13. The third kappa shape index (κ3) is 3.54. The van der Waals surface area contributed by atoms with Crippen molar-refractivity contribution < 1.29 is 9.53 Å². The number of aryl methyl sites for hydroxylation is 1. The fourth-order valence-electron chi connectivity index (χ4n) is 2.95. The van der Waals surface area contributed by atoms with Crippen LogP contribution in [0.4, 0.5) is 5.13 Å². The highest BCUT2D eigenvalue weighted by molar-refractivity contribution is 7.22. The second-order valence-electron chi connectivity index (χ2n) is 6.20. The van der Waals surface area contributed by atoms with Crippen LogP contribution in [0.2, 0.25) is 0 Å². The van der Waals surface area contributed by atoms with Crippen molar-refractivity contribution in [2.24, 2.45) is 0 Å². The van der Waals surface area contributed by atoms with Crippen LogP contribution in [-0.2, 0) is 16.1 Å². The fourth-order valence-corrected chi connectivity index (χ4v) is 4.04. The van der Waals surface area contributed by atoms with Gasteiger partial charge in [0.1, 0.15) is 19.2 Å². The van der Waals surface area contributed by atoms with E-state index in [0.717, 1.165) is 29.7 Å². The molecule has 0 radical (unpaired) electrons. The van der Waals surface area contributed by atoms with Crippen LogP contribution in [-0.4, -0.2) is 44.9 Å². The minimum atomic E-state index is -0.0585. The number of amides is 1. The number of carbonyl (C=O) groups is 1. The minimum Gasteiger partial charge on any atom is -0.376 e. The van der Waals surface area contributed by atoms with Gasteiger partial charge in [0.05, 0.1) is 22.9 Å². The van der Waals surface area contributed by atoms with Crippen LogP contribution in [0.25, 0.3) is 10.2 Å². The topological polar surface area (TPSA) is 73.1 Å². The van der Waals surface area contributed by atoms with E-state index in [9.17, 15) is 4.79 Å². The van der Waals surface area contributed by atoms with E-state index < -0.39 is 0 Å². The molecule has 1 saturated heterocycles. The highest BCUT2D eigenvalue weighted by Gasteiger charge is 2.26. The zero-order valence-electron chi connectivity index (χ0n) is 14.0. The van der Waals surface area contributed by atoms with Crippen molar-refractivity contribution in [1.82, 2.24) is 19.7 Å². The molecule has 0 aliphatic carbocycles. The molecular formula is C17H19N5O2S. The van der Waals surface area contributed by atoms with E-state index in [1.54, 1.807) is 11.2 Å². The molecule has 0 bridgehead atoms. The Bertz CT molecular complexity index is 870. The van der Waals surface area contributed by atoms with Gasteiger partial charge in [-0.1, -0.05) is 17.4 Å². The van der Waals surface area contributed by atoms with Crippen molar-refractivity contribution in [2.75, 3.05) is 18.1 Å². The molecule has 0 N–H and O–H groups in total. The molecule has 0 saturated carbocycles. The first kappa shape index (κ1) is 16.2. The van der Waals surface area contributed by atoms with Gasteiger partial charge in [0, 0.05) is 6.61 Å². The highest BCUT2D eigenvalue weighted by atomic mass is 32.1. The van der Waals surface area contributed by atoms with Gasteiger partial charge in [-0.25, -0.2) is 14.6 Å². The maximum Gasteiger partial charge on any atom is 0.250 e. The van der Waals surface area contributed by atoms with Gasteiger partial charge in [0.25, 0.3) is 5.91 Å². The lowest BCUT2D eigenvalue weighted by molar-refractivity contribution is -0.119. The van der Waals surface area contributed by atoms with E-state index in [-0.39, 0.29) is 18.6 Å². The van der Waals surface area contributed by atoms with Crippen LogP contribution in [0, 0.1) is 6.92 Å². The first-order chi connectivity index (χ1) is 12.2. The Morgan fingerprint density at radius 2 is 2.40 bits per heavy atom. The lowest BCUT2D eigenvalue weighted by Gasteiger charge is -2.22. The number of carbonyl (C=O) groups excluding carboxylic acids is 1. The molecule has 3 aromatic rings. The van der Waals surface area contributed by atoms with Gasteiger partial charge in [-0.15, -0.1) is 0 Å². The number of nitrogens with zero attached hydrogens (tertiary/aromatic N) is 5. The number of thiazole rings is 1. The summed E-state index contributed by atoms with van der Waals surface area (Å²) in [7, 11) is 0. The van der Waals surface area contributed by atoms with E-state index in [0.29, 0.717) is 11.7 Å². The maximum atomic E-state index is 12.9. The molecule has 25 heavy (non-hydrogen) atoms. The summed E-state index contributed by atoms with van der Waals surface area (Å²) in [4.78, 5) is 23.2. The molecule has 1 atom stereocenters. The summed E-state index contributed by atoms with van der Waals surface area (Å²) in [5.41, 5.74) is 2.10. The Labute approximate surface area is 149 Å². The maximum absolute atomic E-state index is 12.9. The normalized spacial score (nSPS) is 17.2. The first-order valence-corrected chi connectivity index (χ1v) is 9.12. The van der Waals surface area contributed by atoms with Crippen molar-refractivity contribution >= 4 is 32.6 Å². The largest absolute Gasteiger partial charge is 0.376 e. The van der Waals surface area contributed by atoms with Gasteiger partial charge in [0.2, 0.25) is 0 Å². The van der Waals surface area contributed by atoms with Crippen LogP contribution in [0.5, 0.6) is 0 Å². The summed E-state index contributed by atoms with van der Waals surface area (Å²) in [6.07, 6.45) is 5.04. The molecule has 130 valence electrons. The molecule has 1 fully saturated rings. The predicted molar refractivity (Wildman–Crippen MR) is 95.7 cm³/mol. The summed E-state index contributed by atoms with van der Waals surface area (Å²) in [6.45, 7) is 3.47. The van der Waals surface area contributed by atoms with E-state index in [4.69, 9.17) is 4.74 Å². The van der Waals surface area contributed by atoms with Crippen molar-refractivity contribution in [3.8, 4) is 0 Å². The molecular weight excluding hydrogens is 338 g/mol. The van der Waals surface area contributed by atoms with Crippen LogP contribution in [0.1, 0.15) is 18.4 Å². The molecule has 3 heterocycles. The smallest absolute Gasteiger partial charge is 0.250 e. The van der Waals surface area contributed by atoms with Gasteiger partial charge < -0.3 is 4.74 Å². The summed E-state index contributed by atoms with van der Waals surface area (Å²) in [5, 5.41) is 4.74. The third-order valence-electron chi connectivity index (χ3n) is 4.24. The molecule has 1 aromatic carbocycles. The minimum absolute atomic E-state index is 0.0585. The van der Waals surface area contributed by atoms with E-state index in [1.165, 1.54) is 27.9 Å². The van der Waals surface area contributed by atoms with Crippen LogP contribution < -0.4 is 4.90 Å². The number of ether oxygens (including phenoxy) is 1. The standard InChI is InChI=1S/C17H19N5O2S/c1-12-4-5-14-15(7-12)25-17(20-14)22(8-13-3-2-6-24-13)16(23)9-21-11-18-10-19-21/h4-5,7,10-11,13H,2-3,6,8-9H2,1H3. The number of aromatic nitrogens is 4. The second kappa shape index (κ2) is 6.89. The van der Waals surface area contributed by atoms with Gasteiger partial charge in [-0.3, -0.25) is 9.69 Å². The van der Waals surface area contributed by atoms with E-state index in [1.807, 2.05) is 12.1 Å². The van der Waals surface area contributed by atoms with Crippen molar-refractivity contribution in [3.63, 3.8) is 0 Å². The monoisotopic (exact) mass is 357 g/mol. The molecule has 2 aromatic heterocycles. The molecule has 1 aliphatic heterocycles. The quantitative estimate of drug-likeness (QED) is 0.701. The Kier molecular flexibility index (Phi) is 4.46. The van der Waals surface area contributed by atoms with E-state index >= 15 is 0 Å². The summed E-state index contributed by atoms with van der Waals surface area (Å²) < 4.78 is 8.35. The molecule has 1 aliphatic rings. The average Bonchev–Trinajstić information content (AvgIpc) is 3.33. The van der Waals surface area contributed by atoms with Crippen molar-refractivity contribution in [2.45, 2.75) is 32.4 Å².